The maximum absolute atomic E-state index is 11.3. The highest BCUT2D eigenvalue weighted by Crippen LogP contribution is 1.88. The molecule has 0 radical (unpaired) electrons. The molecule has 0 spiro atoms. The van der Waals surface area contributed by atoms with Crippen LogP contribution in [0.4, 0.5) is 0 Å². The van der Waals surface area contributed by atoms with Crippen molar-refractivity contribution in [1.82, 2.24) is 10.6 Å². The lowest BCUT2D eigenvalue weighted by Crippen LogP contribution is -2.44. The largest absolute Gasteiger partial charge is 0.370 e. The number of hydrogen-bond donors (Lipinski definition) is 4. The number of nitrogens with one attached hydrogen (secondary N) is 2. The predicted octanol–water partition coefficient (Wildman–Crippen LogP) is -1.78. The summed E-state index contributed by atoms with van der Waals surface area (Å²) in [5, 5.41) is 5.14. The zero-order valence-corrected chi connectivity index (χ0v) is 10.2. The number of primary amides is 1. The lowest BCUT2D eigenvalue weighted by atomic mass is 10.2. The second kappa shape index (κ2) is 7.61. The van der Waals surface area contributed by atoms with E-state index in [9.17, 15) is 14.4 Å². The summed E-state index contributed by atoms with van der Waals surface area (Å²) >= 11 is 0. The molecule has 0 bridgehead atoms. The molecule has 0 aromatic heterocycles. The van der Waals surface area contributed by atoms with Crippen LogP contribution in [0.3, 0.4) is 0 Å². The number of carbonyl (C=O) groups excluding carboxylic acids is 3. The zero-order valence-electron chi connectivity index (χ0n) is 10.2. The van der Waals surface area contributed by atoms with Crippen LogP contribution in [0.5, 0.6) is 0 Å². The molecule has 0 saturated heterocycles. The van der Waals surface area contributed by atoms with Gasteiger partial charge >= 0.3 is 0 Å². The van der Waals surface area contributed by atoms with Gasteiger partial charge in [-0.3, -0.25) is 14.4 Å². The van der Waals surface area contributed by atoms with Gasteiger partial charge in [-0.2, -0.15) is 0 Å². The Morgan fingerprint density at radius 3 is 2.29 bits per heavy atom. The minimum absolute atomic E-state index is 0.0651. The third-order valence-electron chi connectivity index (χ3n) is 1.86. The van der Waals surface area contributed by atoms with Gasteiger partial charge in [0.1, 0.15) is 0 Å². The molecule has 0 aliphatic carbocycles. The number of hydrogen-bond acceptors (Lipinski definition) is 4. The van der Waals surface area contributed by atoms with Crippen molar-refractivity contribution < 1.29 is 14.4 Å². The first-order valence-electron chi connectivity index (χ1n) is 5.44. The monoisotopic (exact) mass is 244 g/mol. The van der Waals surface area contributed by atoms with Crippen molar-refractivity contribution in [2.75, 3.05) is 6.54 Å². The van der Waals surface area contributed by atoms with Gasteiger partial charge in [-0.1, -0.05) is 0 Å². The number of carbonyl (C=O) groups is 3. The van der Waals surface area contributed by atoms with Crippen LogP contribution < -0.4 is 22.1 Å². The van der Waals surface area contributed by atoms with E-state index >= 15 is 0 Å². The van der Waals surface area contributed by atoms with Crippen LogP contribution in [-0.2, 0) is 14.4 Å². The molecule has 7 nitrogen and oxygen atoms in total. The normalized spacial score (nSPS) is 12.0. The van der Waals surface area contributed by atoms with Crippen molar-refractivity contribution in [3.63, 3.8) is 0 Å². The van der Waals surface area contributed by atoms with Crippen LogP contribution in [0.15, 0.2) is 0 Å². The van der Waals surface area contributed by atoms with Crippen LogP contribution in [0.1, 0.15) is 26.7 Å². The van der Waals surface area contributed by atoms with E-state index in [1.807, 2.05) is 13.8 Å². The third kappa shape index (κ3) is 8.21. The molecule has 3 amide bonds. The molecule has 1 unspecified atom stereocenters. The van der Waals surface area contributed by atoms with Crippen molar-refractivity contribution in [2.24, 2.45) is 11.5 Å². The van der Waals surface area contributed by atoms with E-state index in [4.69, 9.17) is 11.5 Å². The van der Waals surface area contributed by atoms with Crippen molar-refractivity contribution >= 4 is 17.7 Å². The van der Waals surface area contributed by atoms with Gasteiger partial charge in [0.15, 0.2) is 0 Å². The molecule has 0 aromatic carbocycles. The van der Waals surface area contributed by atoms with Gasteiger partial charge in [-0.25, -0.2) is 0 Å². The maximum Gasteiger partial charge on any atom is 0.237 e. The molecule has 0 fully saturated rings. The Morgan fingerprint density at radius 2 is 1.82 bits per heavy atom. The van der Waals surface area contributed by atoms with Gasteiger partial charge < -0.3 is 22.1 Å². The summed E-state index contributed by atoms with van der Waals surface area (Å²) in [7, 11) is 0. The van der Waals surface area contributed by atoms with Crippen LogP contribution in [0, 0.1) is 0 Å². The maximum atomic E-state index is 11.3. The van der Waals surface area contributed by atoms with E-state index in [0.29, 0.717) is 0 Å². The van der Waals surface area contributed by atoms with Crippen molar-refractivity contribution in [3.05, 3.63) is 0 Å². The van der Waals surface area contributed by atoms with E-state index in [-0.39, 0.29) is 31.3 Å². The first-order valence-corrected chi connectivity index (χ1v) is 5.44. The van der Waals surface area contributed by atoms with Crippen LogP contribution in [-0.4, -0.2) is 36.3 Å². The van der Waals surface area contributed by atoms with Gasteiger partial charge in [-0.05, 0) is 13.8 Å². The Labute approximate surface area is 100 Å². The Hall–Kier alpha value is -1.63. The Bertz CT molecular complexity index is 291. The summed E-state index contributed by atoms with van der Waals surface area (Å²) in [6.07, 6.45) is -0.0305. The molecule has 0 aliphatic heterocycles. The molecule has 98 valence electrons. The molecule has 1 atom stereocenters. The smallest absolute Gasteiger partial charge is 0.237 e. The lowest BCUT2D eigenvalue weighted by molar-refractivity contribution is -0.126. The molecule has 0 aliphatic rings. The molecule has 17 heavy (non-hydrogen) atoms. The fourth-order valence-corrected chi connectivity index (χ4v) is 1.13. The molecule has 0 aromatic rings. The first kappa shape index (κ1) is 15.4. The second-order valence-electron chi connectivity index (χ2n) is 4.04. The van der Waals surface area contributed by atoms with Crippen molar-refractivity contribution in [2.45, 2.75) is 38.8 Å². The van der Waals surface area contributed by atoms with E-state index in [1.165, 1.54) is 0 Å². The van der Waals surface area contributed by atoms with Gasteiger partial charge in [0.05, 0.1) is 12.5 Å². The van der Waals surface area contributed by atoms with Gasteiger partial charge in [0.25, 0.3) is 0 Å². The van der Waals surface area contributed by atoms with E-state index in [2.05, 4.69) is 10.6 Å². The average molecular weight is 244 g/mol. The van der Waals surface area contributed by atoms with E-state index in [1.54, 1.807) is 0 Å². The molecule has 6 N–H and O–H groups in total. The molecular weight excluding hydrogens is 224 g/mol. The lowest BCUT2D eigenvalue weighted by Gasteiger charge is -2.11. The van der Waals surface area contributed by atoms with E-state index in [0.717, 1.165) is 0 Å². The third-order valence-corrected chi connectivity index (χ3v) is 1.86. The standard InChI is InChI=1S/C10H20N4O3/c1-6(2)14-9(16)3-4-13-10(17)7(11)5-8(12)15/h6-7H,3-5,11H2,1-2H3,(H2,12,15)(H,13,17)(H,14,16). The first-order chi connectivity index (χ1) is 7.82. The highest BCUT2D eigenvalue weighted by molar-refractivity contribution is 5.87. The summed E-state index contributed by atoms with van der Waals surface area (Å²) in [4.78, 5) is 33.0. The van der Waals surface area contributed by atoms with E-state index < -0.39 is 17.9 Å². The number of rotatable bonds is 7. The topological polar surface area (TPSA) is 127 Å². The number of amides is 3. The quantitative estimate of drug-likeness (QED) is 0.422. The Balaban J connectivity index is 3.77. The van der Waals surface area contributed by atoms with Crippen LogP contribution in [0.25, 0.3) is 0 Å². The van der Waals surface area contributed by atoms with Crippen molar-refractivity contribution in [1.29, 1.82) is 0 Å². The number of nitrogens with two attached hydrogens (primary N) is 2. The average Bonchev–Trinajstić information content (AvgIpc) is 2.14. The predicted molar refractivity (Wildman–Crippen MR) is 62.7 cm³/mol. The highest BCUT2D eigenvalue weighted by atomic mass is 16.2. The highest BCUT2D eigenvalue weighted by Gasteiger charge is 2.15. The van der Waals surface area contributed by atoms with Gasteiger partial charge in [0.2, 0.25) is 17.7 Å². The van der Waals surface area contributed by atoms with Gasteiger partial charge in [0, 0.05) is 19.0 Å². The fourth-order valence-electron chi connectivity index (χ4n) is 1.13. The van der Waals surface area contributed by atoms with Gasteiger partial charge in [-0.15, -0.1) is 0 Å². The summed E-state index contributed by atoms with van der Waals surface area (Å²) < 4.78 is 0. The van der Waals surface area contributed by atoms with Crippen LogP contribution in [0.2, 0.25) is 0 Å². The summed E-state index contributed by atoms with van der Waals surface area (Å²) in [6.45, 7) is 3.88. The van der Waals surface area contributed by atoms with Crippen molar-refractivity contribution in [3.8, 4) is 0 Å². The Kier molecular flexibility index (Phi) is 6.88. The fraction of sp³-hybridized carbons (Fsp3) is 0.700. The minimum Gasteiger partial charge on any atom is -0.370 e. The molecule has 0 heterocycles. The van der Waals surface area contributed by atoms with Crippen LogP contribution >= 0.6 is 0 Å². The SMILES string of the molecule is CC(C)NC(=O)CCNC(=O)C(N)CC(N)=O. The molecular formula is C10H20N4O3. The summed E-state index contributed by atoms with van der Waals surface area (Å²) in [6, 6.07) is -0.893. The summed E-state index contributed by atoms with van der Waals surface area (Å²) in [5.74, 6) is -1.27. The second-order valence-corrected chi connectivity index (χ2v) is 4.04. The minimum atomic E-state index is -0.958. The molecule has 7 heteroatoms. The zero-order chi connectivity index (χ0) is 13.4. The Morgan fingerprint density at radius 1 is 1.24 bits per heavy atom. The molecule has 0 saturated carbocycles. The molecule has 0 rings (SSSR count). The summed E-state index contributed by atoms with van der Waals surface area (Å²) in [5.41, 5.74) is 10.3.